The van der Waals surface area contributed by atoms with Gasteiger partial charge in [-0.1, -0.05) is 64.1 Å². The highest BCUT2D eigenvalue weighted by atomic mass is 16.3. The number of benzene rings is 3. The highest BCUT2D eigenvalue weighted by molar-refractivity contribution is 5.44. The summed E-state index contributed by atoms with van der Waals surface area (Å²) in [4.78, 5) is 0. The van der Waals surface area contributed by atoms with Crippen LogP contribution in [0, 0.1) is 11.3 Å². The Morgan fingerprint density at radius 1 is 0.606 bits per heavy atom. The van der Waals surface area contributed by atoms with Crippen molar-refractivity contribution in [2.24, 2.45) is 11.3 Å². The van der Waals surface area contributed by atoms with Gasteiger partial charge in [-0.3, -0.25) is 0 Å². The van der Waals surface area contributed by atoms with Crippen molar-refractivity contribution in [3.8, 4) is 17.2 Å². The predicted molar refractivity (Wildman–Crippen MR) is 134 cm³/mol. The first kappa shape index (κ1) is 23.2. The van der Waals surface area contributed by atoms with E-state index in [9.17, 15) is 15.3 Å². The molecule has 174 valence electrons. The Morgan fingerprint density at radius 2 is 0.970 bits per heavy atom. The van der Waals surface area contributed by atoms with Crippen LogP contribution in [-0.2, 0) is 10.8 Å². The van der Waals surface area contributed by atoms with Crippen LogP contribution in [0.25, 0.3) is 0 Å². The second kappa shape index (κ2) is 8.44. The van der Waals surface area contributed by atoms with Crippen molar-refractivity contribution < 1.29 is 15.3 Å². The van der Waals surface area contributed by atoms with Crippen LogP contribution >= 0.6 is 0 Å². The summed E-state index contributed by atoms with van der Waals surface area (Å²) in [6, 6.07) is 23.1. The minimum absolute atomic E-state index is 0.0449. The van der Waals surface area contributed by atoms with Crippen LogP contribution in [0.5, 0.6) is 17.2 Å². The van der Waals surface area contributed by atoms with Gasteiger partial charge in [0, 0.05) is 10.8 Å². The summed E-state index contributed by atoms with van der Waals surface area (Å²) in [6.45, 7) is 9.35. The lowest BCUT2D eigenvalue weighted by Crippen LogP contribution is -2.47. The van der Waals surface area contributed by atoms with E-state index in [4.69, 9.17) is 0 Å². The molecule has 3 heteroatoms. The summed E-state index contributed by atoms with van der Waals surface area (Å²) in [5.74, 6) is 1.35. The topological polar surface area (TPSA) is 60.7 Å². The maximum Gasteiger partial charge on any atom is 0.115 e. The molecule has 0 aromatic heterocycles. The minimum Gasteiger partial charge on any atom is -0.508 e. The molecule has 0 spiro atoms. The lowest BCUT2D eigenvalue weighted by molar-refractivity contribution is 0.0783. The Bertz CT molecular complexity index is 1020. The average molecular weight is 445 g/mol. The van der Waals surface area contributed by atoms with Gasteiger partial charge >= 0.3 is 0 Å². The maximum absolute atomic E-state index is 9.88. The quantitative estimate of drug-likeness (QED) is 0.396. The first-order chi connectivity index (χ1) is 15.6. The van der Waals surface area contributed by atoms with E-state index in [0.717, 1.165) is 25.7 Å². The molecule has 0 amide bonds. The summed E-state index contributed by atoms with van der Waals surface area (Å²) in [5, 5.41) is 29.6. The Kier molecular flexibility index (Phi) is 5.94. The lowest BCUT2D eigenvalue weighted by Gasteiger charge is -2.53. The Morgan fingerprint density at radius 3 is 1.33 bits per heavy atom. The molecule has 33 heavy (non-hydrogen) atoms. The van der Waals surface area contributed by atoms with Crippen molar-refractivity contribution in [1.82, 2.24) is 0 Å². The monoisotopic (exact) mass is 444 g/mol. The third kappa shape index (κ3) is 4.10. The molecule has 0 saturated heterocycles. The van der Waals surface area contributed by atoms with E-state index in [-0.39, 0.29) is 27.7 Å². The lowest BCUT2D eigenvalue weighted by atomic mass is 9.51. The molecule has 0 radical (unpaired) electrons. The predicted octanol–water partition coefficient (Wildman–Crippen LogP) is 7.28. The molecular weight excluding hydrogens is 408 g/mol. The van der Waals surface area contributed by atoms with Gasteiger partial charge < -0.3 is 15.3 Å². The zero-order valence-corrected chi connectivity index (χ0v) is 20.2. The van der Waals surface area contributed by atoms with Gasteiger partial charge in [0.05, 0.1) is 0 Å². The third-order valence-corrected chi connectivity index (χ3v) is 8.52. The highest BCUT2D eigenvalue weighted by Crippen LogP contribution is 2.56. The number of aromatic hydroxyl groups is 3. The standard InChI is InChI=1S/C30H36O3/c1-28(2,3)29(4,21-5-11-25(31)12-6-21)22-17-19-30(20-18-22,23-7-13-26(32)14-8-23)24-9-15-27(33)16-10-24/h5-16,22,31-33H,17-20H2,1-4H3. The molecule has 1 aliphatic carbocycles. The molecule has 3 aromatic rings. The number of hydrogen-bond acceptors (Lipinski definition) is 3. The van der Waals surface area contributed by atoms with Crippen molar-refractivity contribution in [2.45, 2.75) is 64.2 Å². The zero-order chi connectivity index (χ0) is 23.9. The van der Waals surface area contributed by atoms with Crippen LogP contribution < -0.4 is 0 Å². The summed E-state index contributed by atoms with van der Waals surface area (Å²) < 4.78 is 0. The summed E-state index contributed by atoms with van der Waals surface area (Å²) >= 11 is 0. The van der Waals surface area contributed by atoms with Crippen molar-refractivity contribution in [2.75, 3.05) is 0 Å². The summed E-state index contributed by atoms with van der Waals surface area (Å²) in [7, 11) is 0. The van der Waals surface area contributed by atoms with Crippen molar-refractivity contribution in [1.29, 1.82) is 0 Å². The van der Waals surface area contributed by atoms with Gasteiger partial charge in [-0.25, -0.2) is 0 Å². The Hall–Kier alpha value is -2.94. The number of rotatable bonds is 4. The molecule has 3 nitrogen and oxygen atoms in total. The van der Waals surface area contributed by atoms with E-state index in [0.29, 0.717) is 11.7 Å². The first-order valence-electron chi connectivity index (χ1n) is 11.9. The van der Waals surface area contributed by atoms with Gasteiger partial charge in [0.1, 0.15) is 17.2 Å². The van der Waals surface area contributed by atoms with Crippen molar-refractivity contribution in [3.63, 3.8) is 0 Å². The minimum atomic E-state index is -0.147. The van der Waals surface area contributed by atoms with Gasteiger partial charge in [-0.15, -0.1) is 0 Å². The molecule has 3 aromatic carbocycles. The number of hydrogen-bond donors (Lipinski definition) is 3. The fourth-order valence-corrected chi connectivity index (χ4v) is 6.08. The fourth-order valence-electron chi connectivity index (χ4n) is 6.08. The van der Waals surface area contributed by atoms with Gasteiger partial charge in [0.15, 0.2) is 0 Å². The van der Waals surface area contributed by atoms with E-state index in [1.807, 2.05) is 24.3 Å². The summed E-state index contributed by atoms with van der Waals surface area (Å²) in [5.41, 5.74) is 3.56. The molecule has 0 aliphatic heterocycles. The van der Waals surface area contributed by atoms with Gasteiger partial charge in [-0.2, -0.15) is 0 Å². The van der Waals surface area contributed by atoms with Crippen molar-refractivity contribution in [3.05, 3.63) is 89.5 Å². The molecule has 0 bridgehead atoms. The molecule has 4 rings (SSSR count). The molecule has 1 aliphatic rings. The van der Waals surface area contributed by atoms with Crippen LogP contribution in [0.4, 0.5) is 0 Å². The van der Waals surface area contributed by atoms with E-state index in [2.05, 4.69) is 39.8 Å². The average Bonchev–Trinajstić information content (AvgIpc) is 2.79. The molecule has 1 unspecified atom stereocenters. The third-order valence-electron chi connectivity index (χ3n) is 8.52. The Balaban J connectivity index is 1.72. The van der Waals surface area contributed by atoms with Gasteiger partial charge in [-0.05, 0) is 90.1 Å². The molecular formula is C30H36O3. The second-order valence-electron chi connectivity index (χ2n) is 10.9. The van der Waals surface area contributed by atoms with E-state index < -0.39 is 0 Å². The highest BCUT2D eigenvalue weighted by Gasteiger charge is 2.49. The smallest absolute Gasteiger partial charge is 0.115 e. The normalized spacial score (nSPS) is 18.5. The maximum atomic E-state index is 9.88. The molecule has 1 saturated carbocycles. The van der Waals surface area contributed by atoms with E-state index in [1.54, 1.807) is 36.4 Å². The summed E-state index contributed by atoms with van der Waals surface area (Å²) in [6.07, 6.45) is 4.13. The van der Waals surface area contributed by atoms with Gasteiger partial charge in [0.2, 0.25) is 0 Å². The second-order valence-corrected chi connectivity index (χ2v) is 10.9. The number of phenolic OH excluding ortho intramolecular Hbond substituents is 3. The molecule has 1 atom stereocenters. The SMILES string of the molecule is CC(C)(C)C(C)(c1ccc(O)cc1)C1CCC(c2ccc(O)cc2)(c2ccc(O)cc2)CC1. The van der Waals surface area contributed by atoms with Gasteiger partial charge in [0.25, 0.3) is 0 Å². The van der Waals surface area contributed by atoms with Crippen LogP contribution in [0.3, 0.4) is 0 Å². The van der Waals surface area contributed by atoms with E-state index in [1.165, 1.54) is 16.7 Å². The van der Waals surface area contributed by atoms with Crippen molar-refractivity contribution >= 4 is 0 Å². The molecule has 1 fully saturated rings. The van der Waals surface area contributed by atoms with Crippen LogP contribution in [0.2, 0.25) is 0 Å². The fraction of sp³-hybridized carbons (Fsp3) is 0.400. The number of phenols is 3. The first-order valence-corrected chi connectivity index (χ1v) is 11.9. The largest absolute Gasteiger partial charge is 0.508 e. The molecule has 0 heterocycles. The van der Waals surface area contributed by atoms with Crippen LogP contribution in [0.15, 0.2) is 72.8 Å². The molecule has 3 N–H and O–H groups in total. The van der Waals surface area contributed by atoms with Crippen LogP contribution in [-0.4, -0.2) is 15.3 Å². The van der Waals surface area contributed by atoms with Crippen LogP contribution in [0.1, 0.15) is 70.1 Å². The zero-order valence-electron chi connectivity index (χ0n) is 20.2. The van der Waals surface area contributed by atoms with E-state index >= 15 is 0 Å². The Labute approximate surface area is 197 Å².